The highest BCUT2D eigenvalue weighted by atomic mass is 16.3. The fraction of sp³-hybridized carbons (Fsp3) is 0.600. The number of hydrogen-bond acceptors (Lipinski definition) is 2. The predicted molar refractivity (Wildman–Crippen MR) is 141 cm³/mol. The Bertz CT molecular complexity index is 667. The maximum Gasteiger partial charge on any atom is 0.0540 e. The summed E-state index contributed by atoms with van der Waals surface area (Å²) >= 11 is 0. The van der Waals surface area contributed by atoms with Gasteiger partial charge in [0.05, 0.1) is 6.10 Å². The van der Waals surface area contributed by atoms with Gasteiger partial charge < -0.3 is 10.4 Å². The molecule has 0 aliphatic rings. The molecule has 0 spiro atoms. The molecule has 2 aromatic carbocycles. The van der Waals surface area contributed by atoms with E-state index in [1.54, 1.807) is 0 Å². The first-order valence-electron chi connectivity index (χ1n) is 13.4. The molecule has 1 unspecified atom stereocenters. The maximum atomic E-state index is 10.2. The van der Waals surface area contributed by atoms with E-state index in [0.717, 1.165) is 37.1 Å². The zero-order valence-corrected chi connectivity index (χ0v) is 20.5. The van der Waals surface area contributed by atoms with Crippen molar-refractivity contribution < 1.29 is 5.11 Å². The number of aliphatic hydroxyl groups is 1. The Morgan fingerprint density at radius 3 is 1.69 bits per heavy atom. The lowest BCUT2D eigenvalue weighted by Gasteiger charge is -2.10. The van der Waals surface area contributed by atoms with Gasteiger partial charge in [0.25, 0.3) is 0 Å². The predicted octanol–water partition coefficient (Wildman–Crippen LogP) is 9.21. The summed E-state index contributed by atoms with van der Waals surface area (Å²) in [6, 6.07) is 19.1. The van der Waals surface area contributed by atoms with Crippen LogP contribution in [0.3, 0.4) is 0 Å². The van der Waals surface area contributed by atoms with Crippen molar-refractivity contribution in [1.82, 2.24) is 0 Å². The first kappa shape index (κ1) is 26.5. The third-order valence-electron chi connectivity index (χ3n) is 6.41. The van der Waals surface area contributed by atoms with Gasteiger partial charge in [-0.05, 0) is 55.5 Å². The molecule has 0 amide bonds. The van der Waals surface area contributed by atoms with E-state index >= 15 is 0 Å². The van der Waals surface area contributed by atoms with Crippen LogP contribution in [0.15, 0.2) is 54.6 Å². The second-order valence-corrected chi connectivity index (χ2v) is 9.41. The van der Waals surface area contributed by atoms with Crippen molar-refractivity contribution in [1.29, 1.82) is 0 Å². The minimum atomic E-state index is -0.0904. The van der Waals surface area contributed by atoms with E-state index in [-0.39, 0.29) is 6.10 Å². The lowest BCUT2D eigenvalue weighted by molar-refractivity contribution is 0.147. The quantitative estimate of drug-likeness (QED) is 0.215. The van der Waals surface area contributed by atoms with Crippen molar-refractivity contribution in [3.05, 3.63) is 60.2 Å². The molecule has 0 aliphatic carbocycles. The molecule has 0 aliphatic heterocycles. The van der Waals surface area contributed by atoms with Gasteiger partial charge >= 0.3 is 0 Å². The van der Waals surface area contributed by atoms with Gasteiger partial charge in [0, 0.05) is 11.4 Å². The van der Waals surface area contributed by atoms with Crippen LogP contribution in [0.1, 0.15) is 109 Å². The molecule has 2 N–H and O–H groups in total. The summed E-state index contributed by atoms with van der Waals surface area (Å²) in [5.74, 6) is 0. The summed E-state index contributed by atoms with van der Waals surface area (Å²) in [4.78, 5) is 0. The molecular weight excluding hydrogens is 390 g/mol. The van der Waals surface area contributed by atoms with Gasteiger partial charge in [-0.2, -0.15) is 0 Å². The monoisotopic (exact) mass is 437 g/mol. The lowest BCUT2D eigenvalue weighted by atomic mass is 10.0. The SMILES string of the molecule is CCCCCCCCCCCCC(O)CCCCCc1ccc(Nc2ccccc2)cc1. The minimum Gasteiger partial charge on any atom is -0.393 e. The van der Waals surface area contributed by atoms with Crippen LogP contribution in [-0.4, -0.2) is 11.2 Å². The number of benzene rings is 2. The van der Waals surface area contributed by atoms with E-state index in [9.17, 15) is 5.11 Å². The summed E-state index contributed by atoms with van der Waals surface area (Å²) in [6.45, 7) is 2.28. The van der Waals surface area contributed by atoms with Crippen LogP contribution in [0.4, 0.5) is 11.4 Å². The molecule has 0 heterocycles. The Kier molecular flexibility index (Phi) is 14.6. The molecular formula is C30H47NO. The molecule has 0 bridgehead atoms. The molecule has 32 heavy (non-hydrogen) atoms. The van der Waals surface area contributed by atoms with Crippen LogP contribution >= 0.6 is 0 Å². The standard InChI is InChI=1S/C30H47NO/c1-2-3-4-5-6-7-8-9-10-16-21-30(32)22-17-11-13-18-27-23-25-29(26-24-27)31-28-19-14-12-15-20-28/h12,14-15,19-20,23-26,30-32H,2-11,13,16-18,21-22H2,1H3. The van der Waals surface area contributed by atoms with Crippen LogP contribution < -0.4 is 5.32 Å². The Hall–Kier alpha value is -1.80. The number of nitrogens with one attached hydrogen (secondary N) is 1. The normalized spacial score (nSPS) is 12.1. The van der Waals surface area contributed by atoms with Crippen LogP contribution in [0, 0.1) is 0 Å². The molecule has 1 atom stereocenters. The second kappa shape index (κ2) is 17.7. The van der Waals surface area contributed by atoms with Crippen molar-refractivity contribution >= 4 is 11.4 Å². The van der Waals surface area contributed by atoms with Gasteiger partial charge in [0.2, 0.25) is 0 Å². The zero-order chi connectivity index (χ0) is 22.7. The Morgan fingerprint density at radius 1 is 0.594 bits per heavy atom. The fourth-order valence-electron chi connectivity index (χ4n) is 4.34. The molecule has 2 nitrogen and oxygen atoms in total. The third kappa shape index (κ3) is 12.9. The molecule has 0 saturated carbocycles. The highest BCUT2D eigenvalue weighted by Crippen LogP contribution is 2.18. The molecule has 2 rings (SSSR count). The number of anilines is 2. The average molecular weight is 438 g/mol. The minimum absolute atomic E-state index is 0.0904. The number of unbranched alkanes of at least 4 members (excludes halogenated alkanes) is 11. The molecule has 0 aromatic heterocycles. The number of rotatable bonds is 19. The summed E-state index contributed by atoms with van der Waals surface area (Å²) < 4.78 is 0. The fourth-order valence-corrected chi connectivity index (χ4v) is 4.34. The van der Waals surface area contributed by atoms with E-state index in [1.165, 1.54) is 82.6 Å². The first-order valence-corrected chi connectivity index (χ1v) is 13.4. The first-order chi connectivity index (χ1) is 15.8. The van der Waals surface area contributed by atoms with Crippen LogP contribution in [0.2, 0.25) is 0 Å². The van der Waals surface area contributed by atoms with Gasteiger partial charge in [0.15, 0.2) is 0 Å². The topological polar surface area (TPSA) is 32.3 Å². The molecule has 0 saturated heterocycles. The Morgan fingerprint density at radius 2 is 1.09 bits per heavy atom. The van der Waals surface area contributed by atoms with Crippen LogP contribution in [0.25, 0.3) is 0 Å². The Balaban J connectivity index is 1.42. The highest BCUT2D eigenvalue weighted by molar-refractivity contribution is 5.59. The lowest BCUT2D eigenvalue weighted by Crippen LogP contribution is -2.06. The van der Waals surface area contributed by atoms with E-state index in [0.29, 0.717) is 0 Å². The zero-order valence-electron chi connectivity index (χ0n) is 20.5. The smallest absolute Gasteiger partial charge is 0.0540 e. The van der Waals surface area contributed by atoms with E-state index in [4.69, 9.17) is 0 Å². The molecule has 178 valence electrons. The van der Waals surface area contributed by atoms with Gasteiger partial charge in [0.1, 0.15) is 0 Å². The molecule has 2 heteroatoms. The van der Waals surface area contributed by atoms with Crippen molar-refractivity contribution in [2.75, 3.05) is 5.32 Å². The van der Waals surface area contributed by atoms with Crippen LogP contribution in [-0.2, 0) is 6.42 Å². The summed E-state index contributed by atoms with van der Waals surface area (Å²) in [6.07, 6.45) is 20.2. The highest BCUT2D eigenvalue weighted by Gasteiger charge is 2.04. The molecule has 0 fully saturated rings. The number of para-hydroxylation sites is 1. The van der Waals surface area contributed by atoms with E-state index < -0.39 is 0 Å². The maximum absolute atomic E-state index is 10.2. The number of hydrogen-bond donors (Lipinski definition) is 2. The van der Waals surface area contributed by atoms with E-state index in [2.05, 4.69) is 48.6 Å². The van der Waals surface area contributed by atoms with Crippen molar-refractivity contribution in [3.8, 4) is 0 Å². The largest absolute Gasteiger partial charge is 0.393 e. The van der Waals surface area contributed by atoms with Gasteiger partial charge in [-0.1, -0.05) is 114 Å². The second-order valence-electron chi connectivity index (χ2n) is 9.41. The molecule has 0 radical (unpaired) electrons. The van der Waals surface area contributed by atoms with Gasteiger partial charge in [-0.3, -0.25) is 0 Å². The number of aliphatic hydroxyl groups excluding tert-OH is 1. The Labute approximate surface area is 197 Å². The average Bonchev–Trinajstić information content (AvgIpc) is 2.82. The summed E-state index contributed by atoms with van der Waals surface area (Å²) in [7, 11) is 0. The number of aryl methyl sites for hydroxylation is 1. The summed E-state index contributed by atoms with van der Waals surface area (Å²) in [5.41, 5.74) is 3.65. The van der Waals surface area contributed by atoms with Crippen LogP contribution in [0.5, 0.6) is 0 Å². The summed E-state index contributed by atoms with van der Waals surface area (Å²) in [5, 5.41) is 13.7. The molecule has 2 aromatic rings. The van der Waals surface area contributed by atoms with Gasteiger partial charge in [-0.15, -0.1) is 0 Å². The van der Waals surface area contributed by atoms with E-state index in [1.807, 2.05) is 18.2 Å². The van der Waals surface area contributed by atoms with Crippen molar-refractivity contribution in [3.63, 3.8) is 0 Å². The van der Waals surface area contributed by atoms with Crippen molar-refractivity contribution in [2.24, 2.45) is 0 Å². The third-order valence-corrected chi connectivity index (χ3v) is 6.41. The van der Waals surface area contributed by atoms with Crippen molar-refractivity contribution in [2.45, 2.75) is 116 Å². The van der Waals surface area contributed by atoms with Gasteiger partial charge in [-0.25, -0.2) is 0 Å².